The van der Waals surface area contributed by atoms with Crippen LogP contribution in [-0.4, -0.2) is 8.80 Å². The number of rotatable bonds is 4. The summed E-state index contributed by atoms with van der Waals surface area (Å²) in [6.07, 6.45) is 1.37. The predicted octanol–water partition coefficient (Wildman–Crippen LogP) is 4.10. The van der Waals surface area contributed by atoms with Crippen molar-refractivity contribution in [1.29, 1.82) is 0 Å². The molecular formula is C10H23Si. The second kappa shape index (κ2) is 4.97. The minimum atomic E-state index is -0.107. The Hall–Kier alpha value is 0.217. The van der Waals surface area contributed by atoms with E-state index >= 15 is 0 Å². The van der Waals surface area contributed by atoms with Gasteiger partial charge in [0, 0.05) is 0 Å². The lowest BCUT2D eigenvalue weighted by molar-refractivity contribution is 0.788. The summed E-state index contributed by atoms with van der Waals surface area (Å²) in [6, 6.07) is 0. The van der Waals surface area contributed by atoms with E-state index in [1.165, 1.54) is 6.42 Å². The van der Waals surface area contributed by atoms with Crippen LogP contribution in [0.25, 0.3) is 0 Å². The first-order chi connectivity index (χ1) is 5.00. The molecule has 1 unspecified atom stereocenters. The van der Waals surface area contributed by atoms with Crippen molar-refractivity contribution >= 4 is 8.80 Å². The van der Waals surface area contributed by atoms with Crippen LogP contribution in [0, 0.1) is 0 Å². The normalized spacial score (nSPS) is 15.0. The van der Waals surface area contributed by atoms with Gasteiger partial charge in [0.1, 0.15) is 0 Å². The lowest BCUT2D eigenvalue weighted by Crippen LogP contribution is -2.25. The van der Waals surface area contributed by atoms with E-state index in [-0.39, 0.29) is 8.80 Å². The molecule has 0 nitrogen and oxygen atoms in total. The van der Waals surface area contributed by atoms with Crippen molar-refractivity contribution in [2.45, 2.75) is 64.6 Å². The summed E-state index contributed by atoms with van der Waals surface area (Å²) < 4.78 is 0. The Bertz CT molecular complexity index is 89.0. The molecule has 0 aromatic rings. The minimum absolute atomic E-state index is 0.107. The maximum Gasteiger partial charge on any atom is 0.0564 e. The van der Waals surface area contributed by atoms with E-state index in [4.69, 9.17) is 0 Å². The van der Waals surface area contributed by atoms with Gasteiger partial charge in [-0.3, -0.25) is 0 Å². The molecule has 0 N–H and O–H groups in total. The van der Waals surface area contributed by atoms with E-state index in [2.05, 4.69) is 41.5 Å². The molecule has 0 aliphatic carbocycles. The van der Waals surface area contributed by atoms with Gasteiger partial charge in [-0.2, -0.15) is 0 Å². The summed E-state index contributed by atoms with van der Waals surface area (Å²) >= 11 is 0. The molecule has 0 heterocycles. The summed E-state index contributed by atoms with van der Waals surface area (Å²) in [5, 5.41) is 0. The van der Waals surface area contributed by atoms with Crippen LogP contribution in [0.15, 0.2) is 0 Å². The highest BCUT2D eigenvalue weighted by molar-refractivity contribution is 6.63. The summed E-state index contributed by atoms with van der Waals surface area (Å²) in [5.74, 6) is 0. The molecule has 0 aromatic heterocycles. The average Bonchev–Trinajstić information content (AvgIpc) is 1.85. The van der Waals surface area contributed by atoms with Crippen LogP contribution in [0.5, 0.6) is 0 Å². The van der Waals surface area contributed by atoms with Gasteiger partial charge in [0.15, 0.2) is 0 Å². The van der Waals surface area contributed by atoms with Crippen LogP contribution in [0.2, 0.25) is 16.6 Å². The fraction of sp³-hybridized carbons (Fsp3) is 1.00. The van der Waals surface area contributed by atoms with Crippen LogP contribution < -0.4 is 0 Å². The first-order valence-electron chi connectivity index (χ1n) is 4.87. The fourth-order valence-electron chi connectivity index (χ4n) is 2.04. The van der Waals surface area contributed by atoms with Crippen molar-refractivity contribution in [3.05, 3.63) is 0 Å². The molecule has 0 amide bonds. The maximum atomic E-state index is 2.42. The summed E-state index contributed by atoms with van der Waals surface area (Å²) in [4.78, 5) is 0. The van der Waals surface area contributed by atoms with Gasteiger partial charge >= 0.3 is 0 Å². The Kier molecular flexibility index (Phi) is 5.07. The van der Waals surface area contributed by atoms with Crippen molar-refractivity contribution in [3.63, 3.8) is 0 Å². The first kappa shape index (κ1) is 11.2. The third-order valence-corrected chi connectivity index (χ3v) is 6.73. The molecule has 0 saturated carbocycles. The van der Waals surface area contributed by atoms with E-state index in [9.17, 15) is 0 Å². The highest BCUT2D eigenvalue weighted by Gasteiger charge is 2.24. The van der Waals surface area contributed by atoms with Crippen LogP contribution in [-0.2, 0) is 0 Å². The Morgan fingerprint density at radius 1 is 0.909 bits per heavy atom. The van der Waals surface area contributed by atoms with Gasteiger partial charge in [-0.05, 0) is 5.54 Å². The zero-order valence-electron chi connectivity index (χ0n) is 8.94. The van der Waals surface area contributed by atoms with Crippen LogP contribution in [0.4, 0.5) is 0 Å². The van der Waals surface area contributed by atoms with Crippen molar-refractivity contribution in [3.8, 4) is 0 Å². The third-order valence-electron chi connectivity index (χ3n) is 2.51. The van der Waals surface area contributed by atoms with Crippen LogP contribution in [0.3, 0.4) is 0 Å². The fourth-order valence-corrected chi connectivity index (χ4v) is 6.12. The van der Waals surface area contributed by atoms with E-state index in [0.29, 0.717) is 0 Å². The molecule has 1 atom stereocenters. The minimum Gasteiger partial charge on any atom is -0.0654 e. The smallest absolute Gasteiger partial charge is 0.0564 e. The van der Waals surface area contributed by atoms with E-state index in [1.807, 2.05) is 0 Å². The van der Waals surface area contributed by atoms with E-state index < -0.39 is 0 Å². The molecular weight excluding hydrogens is 148 g/mol. The molecule has 0 saturated heterocycles. The zero-order chi connectivity index (χ0) is 9.02. The molecule has 0 aliphatic rings. The predicted molar refractivity (Wildman–Crippen MR) is 55.7 cm³/mol. The lowest BCUT2D eigenvalue weighted by atomic mass is 10.4. The number of hydrogen-bond acceptors (Lipinski definition) is 0. The summed E-state index contributed by atoms with van der Waals surface area (Å²) in [5.41, 5.74) is 2.87. The highest BCUT2D eigenvalue weighted by atomic mass is 28.3. The molecule has 1 heteroatoms. The van der Waals surface area contributed by atoms with Gasteiger partial charge in [0.25, 0.3) is 0 Å². The summed E-state index contributed by atoms with van der Waals surface area (Å²) in [7, 11) is -0.107. The highest BCUT2D eigenvalue weighted by Crippen LogP contribution is 2.31. The van der Waals surface area contributed by atoms with Crippen LogP contribution >= 0.6 is 0 Å². The van der Waals surface area contributed by atoms with Gasteiger partial charge < -0.3 is 0 Å². The Morgan fingerprint density at radius 2 is 1.27 bits per heavy atom. The zero-order valence-corrected chi connectivity index (χ0v) is 9.94. The second-order valence-electron chi connectivity index (χ2n) is 4.12. The van der Waals surface area contributed by atoms with Gasteiger partial charge in [-0.1, -0.05) is 59.0 Å². The molecule has 67 valence electrons. The topological polar surface area (TPSA) is 0 Å². The van der Waals surface area contributed by atoms with Gasteiger partial charge in [0.05, 0.1) is 8.80 Å². The monoisotopic (exact) mass is 171 g/mol. The van der Waals surface area contributed by atoms with Crippen LogP contribution in [0.1, 0.15) is 48.0 Å². The Balaban J connectivity index is 4.09. The Morgan fingerprint density at radius 3 is 1.36 bits per heavy atom. The molecule has 0 rings (SSSR count). The SMILES string of the molecule is CCC(C)[Si](C(C)C)C(C)C. The molecule has 0 spiro atoms. The van der Waals surface area contributed by atoms with Crippen molar-refractivity contribution in [2.75, 3.05) is 0 Å². The van der Waals surface area contributed by atoms with E-state index in [0.717, 1.165) is 16.6 Å². The quantitative estimate of drug-likeness (QED) is 0.559. The van der Waals surface area contributed by atoms with E-state index in [1.54, 1.807) is 0 Å². The molecule has 0 bridgehead atoms. The maximum absolute atomic E-state index is 2.42. The standard InChI is InChI=1S/C10H23Si/c1-7-10(6)11(8(2)3)9(4)5/h8-10H,7H2,1-6H3. The second-order valence-corrected chi connectivity index (χ2v) is 8.41. The van der Waals surface area contributed by atoms with Gasteiger partial charge in [-0.15, -0.1) is 0 Å². The van der Waals surface area contributed by atoms with Gasteiger partial charge in [-0.25, -0.2) is 0 Å². The Labute approximate surface area is 74.0 Å². The molecule has 0 fully saturated rings. The van der Waals surface area contributed by atoms with Crippen molar-refractivity contribution < 1.29 is 0 Å². The van der Waals surface area contributed by atoms with Gasteiger partial charge in [0.2, 0.25) is 0 Å². The first-order valence-corrected chi connectivity index (χ1v) is 6.60. The molecule has 0 aromatic carbocycles. The molecule has 0 aliphatic heterocycles. The number of hydrogen-bond donors (Lipinski definition) is 0. The summed E-state index contributed by atoms with van der Waals surface area (Å²) in [6.45, 7) is 14.3. The molecule has 1 radical (unpaired) electrons. The molecule has 11 heavy (non-hydrogen) atoms. The third kappa shape index (κ3) is 3.41. The lowest BCUT2D eigenvalue weighted by Gasteiger charge is -2.28. The van der Waals surface area contributed by atoms with Crippen molar-refractivity contribution in [2.24, 2.45) is 0 Å². The van der Waals surface area contributed by atoms with Crippen molar-refractivity contribution in [1.82, 2.24) is 0 Å². The average molecular weight is 171 g/mol. The largest absolute Gasteiger partial charge is 0.0654 e.